The number of hydrogen-bond acceptors (Lipinski definition) is 4. The maximum Gasteiger partial charge on any atom is 0.255 e. The zero-order valence-electron chi connectivity index (χ0n) is 13.5. The number of nitrogens with zero attached hydrogens (tertiary/aromatic N) is 1. The van der Waals surface area contributed by atoms with Crippen LogP contribution < -0.4 is 10.6 Å². The quantitative estimate of drug-likeness (QED) is 0.732. The molecule has 0 bridgehead atoms. The Morgan fingerprint density at radius 3 is 2.62 bits per heavy atom. The van der Waals surface area contributed by atoms with Crippen LogP contribution >= 0.6 is 11.8 Å². The maximum absolute atomic E-state index is 12.4. The second kappa shape index (κ2) is 8.93. The van der Waals surface area contributed by atoms with Crippen LogP contribution in [0.4, 0.5) is 5.82 Å². The zero-order valence-corrected chi connectivity index (χ0v) is 14.3. The second-order valence-corrected chi connectivity index (χ2v) is 6.38. The summed E-state index contributed by atoms with van der Waals surface area (Å²) in [4.78, 5) is 16.7. The predicted molar refractivity (Wildman–Crippen MR) is 92.2 cm³/mol. The highest BCUT2D eigenvalue weighted by Crippen LogP contribution is 2.29. The van der Waals surface area contributed by atoms with Crippen molar-refractivity contribution in [3.63, 3.8) is 0 Å². The predicted octanol–water partition coefficient (Wildman–Crippen LogP) is 3.56. The minimum atomic E-state index is -0.0537. The SMILES string of the molecule is CCCNc1ncccc1C(=O)NCC(CC)(CC)SC. The lowest BCUT2D eigenvalue weighted by Crippen LogP contribution is -2.39. The average molecular weight is 309 g/mol. The van der Waals surface area contributed by atoms with E-state index in [1.54, 1.807) is 12.3 Å². The Hall–Kier alpha value is -1.23. The smallest absolute Gasteiger partial charge is 0.255 e. The number of aromatic nitrogens is 1. The molecule has 1 amide bonds. The van der Waals surface area contributed by atoms with Gasteiger partial charge in [-0.1, -0.05) is 20.8 Å². The monoisotopic (exact) mass is 309 g/mol. The highest BCUT2D eigenvalue weighted by molar-refractivity contribution is 8.00. The third kappa shape index (κ3) is 4.92. The van der Waals surface area contributed by atoms with Crippen LogP contribution in [0.25, 0.3) is 0 Å². The molecule has 0 radical (unpaired) electrons. The fourth-order valence-corrected chi connectivity index (χ4v) is 2.96. The lowest BCUT2D eigenvalue weighted by molar-refractivity contribution is 0.0949. The van der Waals surface area contributed by atoms with Gasteiger partial charge in [0.15, 0.2) is 0 Å². The second-order valence-electron chi connectivity index (χ2n) is 5.10. The molecule has 0 fully saturated rings. The third-order valence-electron chi connectivity index (χ3n) is 3.89. The number of thioether (sulfide) groups is 1. The van der Waals surface area contributed by atoms with Crippen LogP contribution in [0, 0.1) is 0 Å². The van der Waals surface area contributed by atoms with Crippen LogP contribution in [0.1, 0.15) is 50.4 Å². The molecule has 0 atom stereocenters. The van der Waals surface area contributed by atoms with E-state index < -0.39 is 0 Å². The summed E-state index contributed by atoms with van der Waals surface area (Å²) in [7, 11) is 0. The Morgan fingerprint density at radius 2 is 2.05 bits per heavy atom. The van der Waals surface area contributed by atoms with Crippen molar-refractivity contribution in [1.82, 2.24) is 10.3 Å². The van der Waals surface area contributed by atoms with Gasteiger partial charge in [-0.3, -0.25) is 4.79 Å². The fourth-order valence-electron chi connectivity index (χ4n) is 2.17. The highest BCUT2D eigenvalue weighted by atomic mass is 32.2. The molecule has 0 aliphatic carbocycles. The number of hydrogen-bond donors (Lipinski definition) is 2. The van der Waals surface area contributed by atoms with Crippen molar-refractivity contribution < 1.29 is 4.79 Å². The van der Waals surface area contributed by atoms with Crippen molar-refractivity contribution >= 4 is 23.5 Å². The number of amides is 1. The first-order valence-corrected chi connectivity index (χ1v) is 8.87. The maximum atomic E-state index is 12.4. The molecule has 118 valence electrons. The first kappa shape index (κ1) is 17.8. The fraction of sp³-hybridized carbons (Fsp3) is 0.625. The molecule has 1 aromatic heterocycles. The highest BCUT2D eigenvalue weighted by Gasteiger charge is 2.26. The number of nitrogens with one attached hydrogen (secondary N) is 2. The van der Waals surface area contributed by atoms with E-state index in [9.17, 15) is 4.79 Å². The zero-order chi connectivity index (χ0) is 15.7. The van der Waals surface area contributed by atoms with Crippen molar-refractivity contribution in [2.24, 2.45) is 0 Å². The van der Waals surface area contributed by atoms with E-state index >= 15 is 0 Å². The Kier molecular flexibility index (Phi) is 7.57. The van der Waals surface area contributed by atoms with E-state index in [0.717, 1.165) is 25.8 Å². The molecule has 0 aliphatic heterocycles. The van der Waals surface area contributed by atoms with Crippen LogP contribution in [0.3, 0.4) is 0 Å². The molecular formula is C16H27N3OS. The van der Waals surface area contributed by atoms with Crippen LogP contribution in [-0.4, -0.2) is 35.0 Å². The molecular weight excluding hydrogens is 282 g/mol. The van der Waals surface area contributed by atoms with Gasteiger partial charge in [-0.2, -0.15) is 11.8 Å². The Labute approximate surface area is 132 Å². The van der Waals surface area contributed by atoms with E-state index in [2.05, 4.69) is 42.6 Å². The van der Waals surface area contributed by atoms with Crippen molar-refractivity contribution in [2.75, 3.05) is 24.7 Å². The van der Waals surface area contributed by atoms with Gasteiger partial charge in [0.2, 0.25) is 0 Å². The summed E-state index contributed by atoms with van der Waals surface area (Å²) in [5, 5.41) is 6.28. The number of carbonyl (C=O) groups excluding carboxylic acids is 1. The van der Waals surface area contributed by atoms with Crippen molar-refractivity contribution in [1.29, 1.82) is 0 Å². The summed E-state index contributed by atoms with van der Waals surface area (Å²) in [5.41, 5.74) is 0.619. The first-order valence-electron chi connectivity index (χ1n) is 7.64. The Morgan fingerprint density at radius 1 is 1.33 bits per heavy atom. The molecule has 0 saturated carbocycles. The lowest BCUT2D eigenvalue weighted by atomic mass is 10.0. The summed E-state index contributed by atoms with van der Waals surface area (Å²) in [6.07, 6.45) is 6.90. The molecule has 0 aromatic carbocycles. The van der Waals surface area contributed by atoms with Gasteiger partial charge >= 0.3 is 0 Å². The van der Waals surface area contributed by atoms with Crippen LogP contribution in [0.15, 0.2) is 18.3 Å². The molecule has 0 unspecified atom stereocenters. The van der Waals surface area contributed by atoms with E-state index in [0.29, 0.717) is 17.9 Å². The summed E-state index contributed by atoms with van der Waals surface area (Å²) in [6.45, 7) is 7.93. The molecule has 0 aliphatic rings. The van der Waals surface area contributed by atoms with Gasteiger partial charge in [-0.05, 0) is 37.7 Å². The van der Waals surface area contributed by atoms with Gasteiger partial charge in [0.25, 0.3) is 5.91 Å². The summed E-state index contributed by atoms with van der Waals surface area (Å²) in [6, 6.07) is 3.62. The number of rotatable bonds is 9. The Bertz CT molecular complexity index is 439. The Balaban J connectivity index is 2.75. The van der Waals surface area contributed by atoms with E-state index in [4.69, 9.17) is 0 Å². The van der Waals surface area contributed by atoms with Crippen LogP contribution in [0.2, 0.25) is 0 Å². The summed E-state index contributed by atoms with van der Waals surface area (Å²) < 4.78 is 0.120. The molecule has 1 rings (SSSR count). The number of anilines is 1. The van der Waals surface area contributed by atoms with Crippen molar-refractivity contribution in [3.05, 3.63) is 23.9 Å². The molecule has 21 heavy (non-hydrogen) atoms. The molecule has 5 heteroatoms. The number of carbonyl (C=O) groups is 1. The van der Waals surface area contributed by atoms with E-state index in [1.165, 1.54) is 0 Å². The molecule has 0 spiro atoms. The molecule has 1 heterocycles. The summed E-state index contributed by atoms with van der Waals surface area (Å²) >= 11 is 1.83. The topological polar surface area (TPSA) is 54.0 Å². The van der Waals surface area contributed by atoms with E-state index in [-0.39, 0.29) is 10.7 Å². The first-order chi connectivity index (χ1) is 10.1. The van der Waals surface area contributed by atoms with Gasteiger partial charge < -0.3 is 10.6 Å². The standard InChI is InChI=1S/C16H27N3OS/c1-5-10-17-14-13(9-8-11-18-14)15(20)19-12-16(6-2,7-3)21-4/h8-9,11H,5-7,10,12H2,1-4H3,(H,17,18)(H,19,20). The van der Waals surface area contributed by atoms with E-state index in [1.807, 2.05) is 17.8 Å². The van der Waals surface area contributed by atoms with Gasteiger partial charge in [0.05, 0.1) is 5.56 Å². The minimum Gasteiger partial charge on any atom is -0.369 e. The van der Waals surface area contributed by atoms with Gasteiger partial charge in [-0.15, -0.1) is 0 Å². The van der Waals surface area contributed by atoms with Crippen molar-refractivity contribution in [2.45, 2.75) is 44.8 Å². The van der Waals surface area contributed by atoms with Gasteiger partial charge in [0.1, 0.15) is 5.82 Å². The van der Waals surface area contributed by atoms with Gasteiger partial charge in [0, 0.05) is 24.0 Å². The lowest BCUT2D eigenvalue weighted by Gasteiger charge is -2.29. The van der Waals surface area contributed by atoms with Gasteiger partial charge in [-0.25, -0.2) is 4.98 Å². The van der Waals surface area contributed by atoms with Crippen LogP contribution in [-0.2, 0) is 0 Å². The third-order valence-corrected chi connectivity index (χ3v) is 5.48. The molecule has 0 saturated heterocycles. The largest absolute Gasteiger partial charge is 0.369 e. The summed E-state index contributed by atoms with van der Waals surface area (Å²) in [5.74, 6) is 0.613. The molecule has 2 N–H and O–H groups in total. The average Bonchev–Trinajstić information content (AvgIpc) is 2.54. The normalized spacial score (nSPS) is 11.2. The van der Waals surface area contributed by atoms with Crippen molar-refractivity contribution in [3.8, 4) is 0 Å². The minimum absolute atomic E-state index is 0.0537. The molecule has 1 aromatic rings. The van der Waals surface area contributed by atoms with Crippen LogP contribution in [0.5, 0.6) is 0 Å². The number of pyridine rings is 1. The molecule has 4 nitrogen and oxygen atoms in total.